The van der Waals surface area contributed by atoms with Crippen molar-refractivity contribution < 1.29 is 18.3 Å². The molecule has 0 heterocycles. The topological polar surface area (TPSA) is 68.3 Å². The van der Waals surface area contributed by atoms with Crippen molar-refractivity contribution >= 4 is 92.2 Å². The van der Waals surface area contributed by atoms with Crippen LogP contribution >= 0.6 is 28.6 Å². The Morgan fingerprint density at radius 3 is 0.505 bits per heavy atom. The SMILES string of the molecule is O=P(c1ccccc1)(c1ccccc1)c1ccc(-c2cc(-c3ccc(P(=O)(c4ccccc4)c4ccccc4)cc3)cc(C3(c4cc(-c5ccc(P(=O)(c6ccccc6)c6ccccc6)cc5)cc(-c5ccc(P(=O)(c6ccccc6)c6ccccc6)cc5)c4)c4ccccc4-c4ccccc43)c2)cc1. The second-order valence-corrected chi connectivity index (χ2v) is 37.8. The fraction of sp³-hybridized carbons (Fsp3) is 0.0103. The van der Waals surface area contributed by atoms with Crippen LogP contribution in [0.15, 0.2) is 425 Å². The summed E-state index contributed by atoms with van der Waals surface area (Å²) in [6.07, 6.45) is 0. The monoisotopic (exact) mass is 1420 g/mol. The molecule has 0 saturated carbocycles. The number of hydrogen-bond donors (Lipinski definition) is 0. The van der Waals surface area contributed by atoms with Gasteiger partial charge in [-0.15, -0.1) is 0 Å². The smallest absolute Gasteiger partial charge is 0.171 e. The highest BCUT2D eigenvalue weighted by Gasteiger charge is 2.47. The minimum absolute atomic E-state index is 0.725. The molecule has 4 nitrogen and oxygen atoms in total. The third kappa shape index (κ3) is 11.7. The minimum atomic E-state index is -3.35. The van der Waals surface area contributed by atoms with Crippen molar-refractivity contribution in [1.29, 1.82) is 0 Å². The molecule has 0 bridgehead atoms. The van der Waals surface area contributed by atoms with Crippen molar-refractivity contribution in [3.8, 4) is 55.6 Å². The van der Waals surface area contributed by atoms with Crippen LogP contribution in [0.4, 0.5) is 0 Å². The van der Waals surface area contributed by atoms with Gasteiger partial charge in [-0.05, 0) is 114 Å². The van der Waals surface area contributed by atoms with Crippen LogP contribution < -0.4 is 63.7 Å². The summed E-state index contributed by atoms with van der Waals surface area (Å²) in [6, 6.07) is 143. The predicted octanol–water partition coefficient (Wildman–Crippen LogP) is 19.3. The normalized spacial score (nSPS) is 12.6. The van der Waals surface area contributed by atoms with Gasteiger partial charge in [-0.2, -0.15) is 0 Å². The summed E-state index contributed by atoms with van der Waals surface area (Å²) < 4.78 is 64.1. The molecule has 0 spiro atoms. The molecule has 105 heavy (non-hydrogen) atoms. The Morgan fingerprint density at radius 1 is 0.152 bits per heavy atom. The number of fused-ring (bicyclic) bond motifs is 3. The standard InChI is InChI=1S/C97H70O4P4/c98-102(81-29-9-1-10-30-81,82-31-11-2-12-32-82)89-57-49-71(50-58-89)75-65-76(72-51-59-90(60-52-72)103(99,83-33-13-3-14-34-83)84-35-15-4-16-36-84)68-79(67-75)97(95-47-27-25-45-93(95)94-46-26-28-48-96(94)97)80-69-77(73-53-61-91(62-54-73)104(100,85-37-17-5-18-38-85)86-39-19-6-20-40-86)66-78(70-80)74-55-63-92(64-56-74)105(101,87-41-21-7-22-42-87)88-43-23-8-24-44-88/h1-70H. The van der Waals surface area contributed by atoms with Crippen molar-refractivity contribution in [2.24, 2.45) is 0 Å². The molecule has 1 aliphatic carbocycles. The fourth-order valence-corrected chi connectivity index (χ4v) is 26.3. The zero-order valence-electron chi connectivity index (χ0n) is 57.3. The Hall–Kier alpha value is -11.6. The molecular formula is C97H70O4P4. The zero-order valence-corrected chi connectivity index (χ0v) is 60.9. The van der Waals surface area contributed by atoms with E-state index < -0.39 is 34.0 Å². The van der Waals surface area contributed by atoms with E-state index in [9.17, 15) is 0 Å². The lowest BCUT2D eigenvalue weighted by atomic mass is 9.66. The summed E-state index contributed by atoms with van der Waals surface area (Å²) in [5.74, 6) is 0. The van der Waals surface area contributed by atoms with Crippen molar-refractivity contribution in [2.75, 3.05) is 0 Å². The quantitative estimate of drug-likeness (QED) is 0.0803. The summed E-state index contributed by atoms with van der Waals surface area (Å²) in [5.41, 5.74) is 12.9. The lowest BCUT2D eigenvalue weighted by Gasteiger charge is -2.35. The average molecular weight is 1420 g/mol. The molecule has 17 rings (SSSR count). The molecule has 16 aromatic rings. The first-order chi connectivity index (χ1) is 51.5. The Kier molecular flexibility index (Phi) is 17.7. The van der Waals surface area contributed by atoms with Gasteiger partial charge in [0.25, 0.3) is 0 Å². The molecule has 0 atom stereocenters. The lowest BCUT2D eigenvalue weighted by Crippen LogP contribution is -2.29. The third-order valence-electron chi connectivity index (χ3n) is 20.9. The molecule has 0 aliphatic heterocycles. The highest BCUT2D eigenvalue weighted by atomic mass is 31.2. The van der Waals surface area contributed by atoms with Crippen LogP contribution in [0.3, 0.4) is 0 Å². The molecule has 0 amide bonds. The highest BCUT2D eigenvalue weighted by Crippen LogP contribution is 2.58. The minimum Gasteiger partial charge on any atom is -0.309 e. The van der Waals surface area contributed by atoms with Gasteiger partial charge in [0, 0.05) is 63.7 Å². The van der Waals surface area contributed by atoms with Crippen molar-refractivity contribution in [1.82, 2.24) is 0 Å². The van der Waals surface area contributed by atoms with E-state index in [1.54, 1.807) is 0 Å². The molecule has 0 fully saturated rings. The summed E-state index contributed by atoms with van der Waals surface area (Å²) in [7, 11) is -13.4. The molecule has 0 unspecified atom stereocenters. The zero-order chi connectivity index (χ0) is 71.0. The van der Waals surface area contributed by atoms with E-state index in [1.807, 2.05) is 291 Å². The van der Waals surface area contributed by atoms with E-state index >= 15 is 18.3 Å². The van der Waals surface area contributed by atoms with Crippen molar-refractivity contribution in [2.45, 2.75) is 5.41 Å². The lowest BCUT2D eigenvalue weighted by molar-refractivity contribution is 0.591. The first-order valence-corrected chi connectivity index (χ1v) is 42.2. The van der Waals surface area contributed by atoms with E-state index in [1.165, 1.54) is 0 Å². The largest absolute Gasteiger partial charge is 0.309 e. The average Bonchev–Trinajstić information content (AvgIpc) is 1.54. The van der Waals surface area contributed by atoms with Gasteiger partial charge >= 0.3 is 0 Å². The summed E-state index contributed by atoms with van der Waals surface area (Å²) in [5, 5.41) is 8.96. The number of rotatable bonds is 18. The summed E-state index contributed by atoms with van der Waals surface area (Å²) in [4.78, 5) is 0. The Balaban J connectivity index is 0.908. The first kappa shape index (κ1) is 66.7. The molecular weight excluding hydrogens is 1350 g/mol. The predicted molar refractivity (Wildman–Crippen MR) is 443 cm³/mol. The van der Waals surface area contributed by atoms with Crippen LogP contribution in [0.5, 0.6) is 0 Å². The van der Waals surface area contributed by atoms with Gasteiger partial charge in [0.15, 0.2) is 28.6 Å². The summed E-state index contributed by atoms with van der Waals surface area (Å²) in [6.45, 7) is 0. The van der Waals surface area contributed by atoms with Crippen LogP contribution in [0.1, 0.15) is 22.3 Å². The highest BCUT2D eigenvalue weighted by molar-refractivity contribution is 7.86. The van der Waals surface area contributed by atoms with Crippen LogP contribution in [0, 0.1) is 0 Å². The van der Waals surface area contributed by atoms with Crippen LogP contribution in [-0.4, -0.2) is 0 Å². The molecule has 502 valence electrons. The molecule has 0 radical (unpaired) electrons. The van der Waals surface area contributed by atoms with Gasteiger partial charge in [0.1, 0.15) is 0 Å². The maximum Gasteiger partial charge on any atom is 0.171 e. The van der Waals surface area contributed by atoms with E-state index in [-0.39, 0.29) is 0 Å². The van der Waals surface area contributed by atoms with Gasteiger partial charge in [-0.25, -0.2) is 0 Å². The molecule has 8 heteroatoms. The molecule has 0 N–H and O–H groups in total. The van der Waals surface area contributed by atoms with E-state index in [4.69, 9.17) is 0 Å². The number of benzene rings is 16. The Labute approximate surface area is 614 Å². The Morgan fingerprint density at radius 2 is 0.314 bits per heavy atom. The van der Waals surface area contributed by atoms with Gasteiger partial charge in [-0.1, -0.05) is 388 Å². The van der Waals surface area contributed by atoms with Crippen molar-refractivity contribution in [3.63, 3.8) is 0 Å². The van der Waals surface area contributed by atoms with Gasteiger partial charge in [0.2, 0.25) is 0 Å². The molecule has 0 saturated heterocycles. The third-order valence-corrected chi connectivity index (χ3v) is 33.2. The summed E-state index contributed by atoms with van der Waals surface area (Å²) >= 11 is 0. The van der Waals surface area contributed by atoms with E-state index in [2.05, 4.69) is 133 Å². The Bertz CT molecular complexity index is 5160. The maximum atomic E-state index is 16.0. The fourth-order valence-electron chi connectivity index (χ4n) is 15.7. The van der Waals surface area contributed by atoms with Gasteiger partial charge in [0.05, 0.1) is 5.41 Å². The molecule has 16 aromatic carbocycles. The number of hydrogen-bond acceptors (Lipinski definition) is 4. The van der Waals surface area contributed by atoms with Crippen LogP contribution in [-0.2, 0) is 23.7 Å². The second kappa shape index (κ2) is 27.9. The van der Waals surface area contributed by atoms with Gasteiger partial charge in [-0.3, -0.25) is 0 Å². The maximum absolute atomic E-state index is 16.0. The molecule has 1 aliphatic rings. The molecule has 0 aromatic heterocycles. The second-order valence-electron chi connectivity index (χ2n) is 26.7. The van der Waals surface area contributed by atoms with E-state index in [0.29, 0.717) is 0 Å². The van der Waals surface area contributed by atoms with Crippen LogP contribution in [0.2, 0.25) is 0 Å². The van der Waals surface area contributed by atoms with Crippen molar-refractivity contribution in [3.05, 3.63) is 447 Å². The van der Waals surface area contributed by atoms with E-state index in [0.717, 1.165) is 142 Å². The first-order valence-electron chi connectivity index (χ1n) is 35.4. The van der Waals surface area contributed by atoms with Gasteiger partial charge < -0.3 is 18.3 Å². The van der Waals surface area contributed by atoms with Crippen LogP contribution in [0.25, 0.3) is 55.6 Å².